The molecule has 0 aliphatic carbocycles. The average molecular weight is 262 g/mol. The molecule has 0 aliphatic rings. The first-order valence-electron chi connectivity index (χ1n) is 5.34. The minimum atomic E-state index is 0.0652. The lowest BCUT2D eigenvalue weighted by Gasteiger charge is -2.35. The Morgan fingerprint density at radius 1 is 1.44 bits per heavy atom. The maximum atomic E-state index is 6.18. The number of nitrogens with one attached hydrogen (secondary N) is 1. The number of likely N-dealkylation sites (N-methyl/N-ethyl adjacent to an activating group) is 1. The van der Waals surface area contributed by atoms with Crippen LogP contribution in [0.1, 0.15) is 31.7 Å². The van der Waals surface area contributed by atoms with Crippen molar-refractivity contribution in [2.45, 2.75) is 32.9 Å². The molecule has 0 aliphatic heterocycles. The zero-order chi connectivity index (χ0) is 12.3. The van der Waals surface area contributed by atoms with Crippen molar-refractivity contribution in [2.24, 2.45) is 5.41 Å². The van der Waals surface area contributed by atoms with Gasteiger partial charge in [-0.05, 0) is 23.9 Å². The Morgan fingerprint density at radius 2 is 2.06 bits per heavy atom. The van der Waals surface area contributed by atoms with Gasteiger partial charge in [-0.15, -0.1) is 11.3 Å². The fraction of sp³-hybridized carbons (Fsp3) is 0.667. The molecule has 0 saturated carbocycles. The van der Waals surface area contributed by atoms with E-state index in [4.69, 9.17) is 16.3 Å². The van der Waals surface area contributed by atoms with Crippen LogP contribution in [0.5, 0.6) is 0 Å². The van der Waals surface area contributed by atoms with Crippen molar-refractivity contribution in [3.63, 3.8) is 0 Å². The van der Waals surface area contributed by atoms with E-state index in [1.165, 1.54) is 0 Å². The molecule has 0 spiro atoms. The van der Waals surface area contributed by atoms with Gasteiger partial charge in [0.25, 0.3) is 0 Å². The molecule has 1 heterocycles. The van der Waals surface area contributed by atoms with Gasteiger partial charge in [0.05, 0.1) is 17.2 Å². The van der Waals surface area contributed by atoms with Crippen molar-refractivity contribution in [3.8, 4) is 0 Å². The average Bonchev–Trinajstić information content (AvgIpc) is 2.58. The summed E-state index contributed by atoms with van der Waals surface area (Å²) in [5.74, 6) is 0. The summed E-state index contributed by atoms with van der Waals surface area (Å²) in [7, 11) is 3.69. The van der Waals surface area contributed by atoms with Crippen LogP contribution in [0.25, 0.3) is 0 Å². The lowest BCUT2D eigenvalue weighted by atomic mass is 9.84. The largest absolute Gasteiger partial charge is 0.379 e. The van der Waals surface area contributed by atoms with E-state index >= 15 is 0 Å². The molecule has 0 radical (unpaired) electrons. The van der Waals surface area contributed by atoms with E-state index in [1.807, 2.05) is 18.5 Å². The topological polar surface area (TPSA) is 21.3 Å². The van der Waals surface area contributed by atoms with Crippen LogP contribution in [-0.2, 0) is 4.74 Å². The van der Waals surface area contributed by atoms with Crippen LogP contribution in [0, 0.1) is 5.41 Å². The van der Waals surface area contributed by atoms with Crippen molar-refractivity contribution < 1.29 is 4.74 Å². The van der Waals surface area contributed by atoms with Gasteiger partial charge in [-0.25, -0.2) is 0 Å². The van der Waals surface area contributed by atoms with E-state index in [0.29, 0.717) is 0 Å². The maximum absolute atomic E-state index is 6.18. The molecule has 2 nitrogen and oxygen atoms in total. The lowest BCUT2D eigenvalue weighted by molar-refractivity contribution is -0.00927. The third-order valence-electron chi connectivity index (χ3n) is 2.65. The number of thiophene rings is 1. The fourth-order valence-electron chi connectivity index (χ4n) is 1.94. The quantitative estimate of drug-likeness (QED) is 0.892. The molecule has 2 atom stereocenters. The molecule has 0 fully saturated rings. The highest BCUT2D eigenvalue weighted by atomic mass is 35.5. The van der Waals surface area contributed by atoms with E-state index in [9.17, 15) is 0 Å². The second kappa shape index (κ2) is 5.50. The first-order chi connectivity index (χ1) is 7.41. The summed E-state index contributed by atoms with van der Waals surface area (Å²) < 4.78 is 5.63. The van der Waals surface area contributed by atoms with E-state index in [2.05, 4.69) is 26.1 Å². The van der Waals surface area contributed by atoms with Crippen LogP contribution in [0.3, 0.4) is 0 Å². The highest BCUT2D eigenvalue weighted by molar-refractivity contribution is 7.10. The molecule has 4 heteroatoms. The molecule has 1 aromatic rings. The summed E-state index contributed by atoms with van der Waals surface area (Å²) in [6.45, 7) is 6.52. The number of ether oxygens (including phenoxy) is 1. The number of hydrogen-bond acceptors (Lipinski definition) is 3. The third-order valence-corrected chi connectivity index (χ3v) is 4.09. The van der Waals surface area contributed by atoms with Crippen LogP contribution in [0.2, 0.25) is 5.02 Å². The van der Waals surface area contributed by atoms with Crippen molar-refractivity contribution in [2.75, 3.05) is 14.2 Å². The molecule has 2 unspecified atom stereocenters. The molecule has 16 heavy (non-hydrogen) atoms. The van der Waals surface area contributed by atoms with Gasteiger partial charge in [-0.1, -0.05) is 32.4 Å². The Bertz CT molecular complexity index is 332. The van der Waals surface area contributed by atoms with E-state index in [0.717, 1.165) is 9.90 Å². The summed E-state index contributed by atoms with van der Waals surface area (Å²) in [6.07, 6.45) is 0.0913. The predicted octanol–water partition coefficient (Wildman–Crippen LogP) is 3.72. The Kier molecular flexibility index (Phi) is 4.80. The molecule has 0 bridgehead atoms. The Balaban J connectivity index is 3.02. The SMILES string of the molecule is CNC(c1sccc1Cl)C(OC)C(C)(C)C. The van der Waals surface area contributed by atoms with Crippen molar-refractivity contribution >= 4 is 22.9 Å². The predicted molar refractivity (Wildman–Crippen MR) is 71.4 cm³/mol. The van der Waals surface area contributed by atoms with Gasteiger partial charge in [0.15, 0.2) is 0 Å². The second-order valence-corrected chi connectivity index (χ2v) is 6.28. The highest BCUT2D eigenvalue weighted by Gasteiger charge is 2.34. The molecule has 92 valence electrons. The van der Waals surface area contributed by atoms with Crippen LogP contribution >= 0.6 is 22.9 Å². The van der Waals surface area contributed by atoms with Gasteiger partial charge in [0.2, 0.25) is 0 Å². The van der Waals surface area contributed by atoms with Gasteiger partial charge in [-0.3, -0.25) is 0 Å². The zero-order valence-electron chi connectivity index (χ0n) is 10.5. The molecule has 1 N–H and O–H groups in total. The van der Waals surface area contributed by atoms with Crippen LogP contribution in [0.15, 0.2) is 11.4 Å². The minimum Gasteiger partial charge on any atom is -0.379 e. The van der Waals surface area contributed by atoms with Gasteiger partial charge in [-0.2, -0.15) is 0 Å². The Labute approximate surface area is 107 Å². The monoisotopic (exact) mass is 261 g/mol. The van der Waals surface area contributed by atoms with E-state index in [1.54, 1.807) is 18.4 Å². The zero-order valence-corrected chi connectivity index (χ0v) is 12.1. The summed E-state index contributed by atoms with van der Waals surface area (Å²) >= 11 is 7.85. The summed E-state index contributed by atoms with van der Waals surface area (Å²) in [6, 6.07) is 2.07. The summed E-state index contributed by atoms with van der Waals surface area (Å²) in [4.78, 5) is 1.14. The molecule has 0 saturated heterocycles. The summed E-state index contributed by atoms with van der Waals surface area (Å²) in [5.41, 5.74) is 0.0652. The molecule has 1 rings (SSSR count). The Hall–Kier alpha value is -0.0900. The van der Waals surface area contributed by atoms with Crippen molar-refractivity contribution in [1.82, 2.24) is 5.32 Å². The van der Waals surface area contributed by atoms with Gasteiger partial charge in [0, 0.05) is 12.0 Å². The number of halogens is 1. The molecular weight excluding hydrogens is 242 g/mol. The Morgan fingerprint density at radius 3 is 2.38 bits per heavy atom. The molecule has 0 aromatic carbocycles. The van der Waals surface area contributed by atoms with Crippen molar-refractivity contribution in [1.29, 1.82) is 0 Å². The number of rotatable bonds is 4. The van der Waals surface area contributed by atoms with E-state index < -0.39 is 0 Å². The van der Waals surface area contributed by atoms with Gasteiger partial charge in [0.1, 0.15) is 0 Å². The molecular formula is C12H20ClNOS. The third kappa shape index (κ3) is 2.98. The number of hydrogen-bond donors (Lipinski definition) is 1. The first-order valence-corrected chi connectivity index (χ1v) is 6.60. The fourth-order valence-corrected chi connectivity index (χ4v) is 3.25. The van der Waals surface area contributed by atoms with Gasteiger partial charge >= 0.3 is 0 Å². The van der Waals surface area contributed by atoms with Crippen LogP contribution in [-0.4, -0.2) is 20.3 Å². The molecule has 1 aromatic heterocycles. The first kappa shape index (κ1) is 14.0. The normalized spacial score (nSPS) is 16.1. The molecule has 0 amide bonds. The smallest absolute Gasteiger partial charge is 0.0822 e. The van der Waals surface area contributed by atoms with Crippen LogP contribution in [0.4, 0.5) is 0 Å². The maximum Gasteiger partial charge on any atom is 0.0822 e. The number of methoxy groups -OCH3 is 1. The second-order valence-electron chi connectivity index (χ2n) is 4.92. The minimum absolute atomic E-state index is 0.0652. The van der Waals surface area contributed by atoms with Crippen molar-refractivity contribution in [3.05, 3.63) is 21.3 Å². The standard InChI is InChI=1S/C12H20ClNOS/c1-12(2,3)11(15-5)9(14-4)10-8(13)6-7-16-10/h6-7,9,11,14H,1-5H3. The van der Waals surface area contributed by atoms with Crippen LogP contribution < -0.4 is 5.32 Å². The summed E-state index contributed by atoms with van der Waals surface area (Å²) in [5, 5.41) is 6.13. The lowest BCUT2D eigenvalue weighted by Crippen LogP contribution is -2.40. The van der Waals surface area contributed by atoms with E-state index in [-0.39, 0.29) is 17.6 Å². The highest BCUT2D eigenvalue weighted by Crippen LogP contribution is 2.37. The van der Waals surface area contributed by atoms with Gasteiger partial charge < -0.3 is 10.1 Å².